The molecule has 2 aromatic rings. The summed E-state index contributed by atoms with van der Waals surface area (Å²) in [6.45, 7) is 0. The zero-order valence-electron chi connectivity index (χ0n) is 12.3. The molecule has 0 N–H and O–H groups in total. The summed E-state index contributed by atoms with van der Waals surface area (Å²) < 4.78 is 0. The molecule has 0 unspecified atom stereocenters. The van der Waals surface area contributed by atoms with Gasteiger partial charge in [-0.2, -0.15) is 0 Å². The highest BCUT2D eigenvalue weighted by Crippen LogP contribution is 2.22. The molecule has 0 saturated heterocycles. The fraction of sp³-hybridized carbons (Fsp3) is 0.368. The number of benzene rings is 2. The van der Waals surface area contributed by atoms with Crippen molar-refractivity contribution in [3.8, 4) is 11.1 Å². The molecule has 2 aromatic carbocycles. The van der Waals surface area contributed by atoms with Gasteiger partial charge in [0.05, 0.1) is 0 Å². The van der Waals surface area contributed by atoms with Crippen LogP contribution in [0.3, 0.4) is 0 Å². The molecule has 21 heavy (non-hydrogen) atoms. The molecule has 0 aromatic heterocycles. The van der Waals surface area contributed by atoms with Crippen LogP contribution in [-0.2, 0) is 6.42 Å². The Morgan fingerprint density at radius 2 is 1.24 bits per heavy atom. The average molecular weight is 321 g/mol. The van der Waals surface area contributed by atoms with Gasteiger partial charge in [-0.3, -0.25) is 0 Å². The van der Waals surface area contributed by atoms with Gasteiger partial charge in [0.2, 0.25) is 0 Å². The number of aryl methyl sites for hydroxylation is 1. The zero-order valence-corrected chi connectivity index (χ0v) is 13.8. The maximum atomic E-state index is 5.86. The predicted octanol–water partition coefficient (Wildman–Crippen LogP) is 6.16. The minimum atomic E-state index is 0.647. The molecule has 112 valence electrons. The molecule has 0 heterocycles. The van der Waals surface area contributed by atoms with Crippen molar-refractivity contribution in [1.29, 1.82) is 0 Å². The number of alkyl halides is 2. The Balaban J connectivity index is 1.93. The van der Waals surface area contributed by atoms with Gasteiger partial charge in [-0.1, -0.05) is 54.6 Å². The van der Waals surface area contributed by atoms with Crippen molar-refractivity contribution in [2.75, 3.05) is 11.8 Å². The van der Waals surface area contributed by atoms with Crippen LogP contribution in [0.15, 0.2) is 54.6 Å². The van der Waals surface area contributed by atoms with Crippen LogP contribution in [0.1, 0.15) is 24.8 Å². The summed E-state index contributed by atoms with van der Waals surface area (Å²) >= 11 is 11.7. The van der Waals surface area contributed by atoms with Gasteiger partial charge in [0.15, 0.2) is 0 Å². The number of hydrogen-bond acceptors (Lipinski definition) is 0. The van der Waals surface area contributed by atoms with Crippen LogP contribution in [-0.4, -0.2) is 11.8 Å². The van der Waals surface area contributed by atoms with Crippen molar-refractivity contribution in [3.05, 3.63) is 60.2 Å². The summed E-state index contributed by atoms with van der Waals surface area (Å²) in [5.74, 6) is 2.11. The van der Waals surface area contributed by atoms with E-state index in [4.69, 9.17) is 23.2 Å². The van der Waals surface area contributed by atoms with Gasteiger partial charge in [0.1, 0.15) is 0 Å². The van der Waals surface area contributed by atoms with Crippen LogP contribution in [0.4, 0.5) is 0 Å². The number of rotatable bonds is 8. The second kappa shape index (κ2) is 9.12. The van der Waals surface area contributed by atoms with E-state index in [-0.39, 0.29) is 0 Å². The Labute approximate surface area is 138 Å². The molecule has 0 amide bonds. The Morgan fingerprint density at radius 1 is 0.667 bits per heavy atom. The molecule has 2 heteroatoms. The fourth-order valence-electron chi connectivity index (χ4n) is 2.61. The monoisotopic (exact) mass is 320 g/mol. The first-order chi connectivity index (χ1) is 10.3. The molecule has 0 aliphatic carbocycles. The minimum absolute atomic E-state index is 0.647. The highest BCUT2D eigenvalue weighted by Gasteiger charge is 2.08. The second-order valence-electron chi connectivity index (χ2n) is 5.42. The Morgan fingerprint density at radius 3 is 1.81 bits per heavy atom. The van der Waals surface area contributed by atoms with Crippen molar-refractivity contribution in [2.24, 2.45) is 5.92 Å². The molecule has 0 spiro atoms. The van der Waals surface area contributed by atoms with E-state index in [1.165, 1.54) is 23.1 Å². The summed E-state index contributed by atoms with van der Waals surface area (Å²) in [4.78, 5) is 0. The third-order valence-electron chi connectivity index (χ3n) is 3.94. The highest BCUT2D eigenvalue weighted by atomic mass is 35.5. The normalized spacial score (nSPS) is 11.0. The zero-order chi connectivity index (χ0) is 14.9. The van der Waals surface area contributed by atoms with E-state index in [0.717, 1.165) is 31.0 Å². The third-order valence-corrected chi connectivity index (χ3v) is 4.37. The van der Waals surface area contributed by atoms with E-state index >= 15 is 0 Å². The van der Waals surface area contributed by atoms with Gasteiger partial charge in [-0.05, 0) is 48.3 Å². The van der Waals surface area contributed by atoms with E-state index in [1.807, 2.05) is 6.07 Å². The SMILES string of the molecule is ClCCC(CCCl)CCc1ccc(-c2ccccc2)cc1. The molecule has 0 atom stereocenters. The van der Waals surface area contributed by atoms with Crippen molar-refractivity contribution in [3.63, 3.8) is 0 Å². The van der Waals surface area contributed by atoms with Crippen molar-refractivity contribution >= 4 is 23.2 Å². The van der Waals surface area contributed by atoms with Gasteiger partial charge in [0, 0.05) is 11.8 Å². The van der Waals surface area contributed by atoms with E-state index < -0.39 is 0 Å². The minimum Gasteiger partial charge on any atom is -0.127 e. The van der Waals surface area contributed by atoms with E-state index in [1.54, 1.807) is 0 Å². The van der Waals surface area contributed by atoms with Crippen LogP contribution < -0.4 is 0 Å². The standard InChI is InChI=1S/C19H22Cl2/c20-14-12-17(13-15-21)7-6-16-8-10-19(11-9-16)18-4-2-1-3-5-18/h1-5,8-11,17H,6-7,12-15H2. The van der Waals surface area contributed by atoms with Crippen LogP contribution in [0.5, 0.6) is 0 Å². The average Bonchev–Trinajstić information content (AvgIpc) is 2.54. The molecule has 0 aliphatic rings. The lowest BCUT2D eigenvalue weighted by atomic mass is 9.94. The second-order valence-corrected chi connectivity index (χ2v) is 6.18. The largest absolute Gasteiger partial charge is 0.127 e. The highest BCUT2D eigenvalue weighted by molar-refractivity contribution is 6.18. The van der Waals surface area contributed by atoms with Crippen LogP contribution >= 0.6 is 23.2 Å². The summed E-state index contributed by atoms with van der Waals surface area (Å²) in [7, 11) is 0. The molecular formula is C19H22Cl2. The van der Waals surface area contributed by atoms with E-state index in [0.29, 0.717) is 5.92 Å². The van der Waals surface area contributed by atoms with Crippen LogP contribution in [0.25, 0.3) is 11.1 Å². The summed E-state index contributed by atoms with van der Waals surface area (Å²) in [6.07, 6.45) is 4.41. The lowest BCUT2D eigenvalue weighted by Gasteiger charge is -2.14. The van der Waals surface area contributed by atoms with Crippen molar-refractivity contribution in [1.82, 2.24) is 0 Å². The summed E-state index contributed by atoms with van der Waals surface area (Å²) in [6, 6.07) is 19.4. The Kier molecular flexibility index (Phi) is 7.12. The molecule has 2 rings (SSSR count). The lowest BCUT2D eigenvalue weighted by molar-refractivity contribution is 0.461. The first-order valence-electron chi connectivity index (χ1n) is 7.59. The van der Waals surface area contributed by atoms with E-state index in [9.17, 15) is 0 Å². The van der Waals surface area contributed by atoms with Gasteiger partial charge in [-0.15, -0.1) is 23.2 Å². The number of halogens is 2. The quantitative estimate of drug-likeness (QED) is 0.511. The molecular weight excluding hydrogens is 299 g/mol. The predicted molar refractivity (Wildman–Crippen MR) is 94.4 cm³/mol. The Bertz CT molecular complexity index is 499. The first-order valence-corrected chi connectivity index (χ1v) is 8.66. The lowest BCUT2D eigenvalue weighted by Crippen LogP contribution is -2.04. The number of hydrogen-bond donors (Lipinski definition) is 0. The van der Waals surface area contributed by atoms with Crippen LogP contribution in [0.2, 0.25) is 0 Å². The summed E-state index contributed by atoms with van der Waals surface area (Å²) in [5, 5.41) is 0. The molecule has 0 aliphatic heterocycles. The van der Waals surface area contributed by atoms with Crippen LogP contribution in [0, 0.1) is 5.92 Å². The maximum Gasteiger partial charge on any atom is 0.0226 e. The molecule has 0 bridgehead atoms. The van der Waals surface area contributed by atoms with Gasteiger partial charge >= 0.3 is 0 Å². The molecule has 0 saturated carbocycles. The topological polar surface area (TPSA) is 0 Å². The third kappa shape index (κ3) is 5.37. The van der Waals surface area contributed by atoms with Gasteiger partial charge < -0.3 is 0 Å². The van der Waals surface area contributed by atoms with Gasteiger partial charge in [-0.25, -0.2) is 0 Å². The molecule has 0 nitrogen and oxygen atoms in total. The smallest absolute Gasteiger partial charge is 0.0226 e. The summed E-state index contributed by atoms with van der Waals surface area (Å²) in [5.41, 5.74) is 3.94. The van der Waals surface area contributed by atoms with Gasteiger partial charge in [0.25, 0.3) is 0 Å². The molecule has 0 fully saturated rings. The molecule has 0 radical (unpaired) electrons. The first kappa shape index (κ1) is 16.4. The van der Waals surface area contributed by atoms with Crippen molar-refractivity contribution < 1.29 is 0 Å². The fourth-order valence-corrected chi connectivity index (χ4v) is 3.22. The van der Waals surface area contributed by atoms with E-state index in [2.05, 4.69) is 48.5 Å². The Hall–Kier alpha value is -0.980. The maximum absolute atomic E-state index is 5.86. The van der Waals surface area contributed by atoms with Crippen molar-refractivity contribution in [2.45, 2.75) is 25.7 Å².